The summed E-state index contributed by atoms with van der Waals surface area (Å²) in [7, 11) is 3.21. The first-order valence-corrected chi connectivity index (χ1v) is 10.7. The van der Waals surface area contributed by atoms with Gasteiger partial charge < -0.3 is 19.5 Å². The van der Waals surface area contributed by atoms with Gasteiger partial charge in [0.05, 0.1) is 19.8 Å². The van der Waals surface area contributed by atoms with Crippen molar-refractivity contribution in [2.45, 2.75) is 38.7 Å². The van der Waals surface area contributed by atoms with Crippen LogP contribution in [-0.4, -0.2) is 26.0 Å². The number of hydrogen-bond acceptors (Lipinski definition) is 6. The van der Waals surface area contributed by atoms with E-state index in [2.05, 4.69) is 5.32 Å². The van der Waals surface area contributed by atoms with Crippen molar-refractivity contribution in [1.29, 1.82) is 0 Å². The Kier molecular flexibility index (Phi) is 6.30. The van der Waals surface area contributed by atoms with Gasteiger partial charge >= 0.3 is 5.97 Å². The number of benzene rings is 2. The third-order valence-corrected chi connectivity index (χ3v) is 5.95. The SMILES string of the molecule is COc1ccc(COC(=O)C2=C(C)NC3=C(C(=O)CCC3)[C@@H]2c2cccc(OC)c2)cc1. The van der Waals surface area contributed by atoms with Gasteiger partial charge in [0.2, 0.25) is 0 Å². The molecule has 32 heavy (non-hydrogen) atoms. The third kappa shape index (κ3) is 4.26. The molecule has 2 aromatic rings. The molecule has 4 rings (SSSR count). The van der Waals surface area contributed by atoms with Crippen molar-refractivity contribution >= 4 is 11.8 Å². The van der Waals surface area contributed by atoms with E-state index in [4.69, 9.17) is 14.2 Å². The fourth-order valence-electron chi connectivity index (χ4n) is 4.36. The number of dihydropyridines is 1. The fourth-order valence-corrected chi connectivity index (χ4v) is 4.36. The van der Waals surface area contributed by atoms with E-state index in [1.165, 1.54) is 0 Å². The zero-order valence-corrected chi connectivity index (χ0v) is 18.6. The molecule has 1 N–H and O–H groups in total. The number of carbonyl (C=O) groups is 2. The highest BCUT2D eigenvalue weighted by Crippen LogP contribution is 2.43. The molecule has 0 bridgehead atoms. The van der Waals surface area contributed by atoms with Crippen LogP contribution in [0.5, 0.6) is 11.5 Å². The van der Waals surface area contributed by atoms with Gasteiger partial charge in [0.1, 0.15) is 18.1 Å². The van der Waals surface area contributed by atoms with Gasteiger partial charge in [0, 0.05) is 29.3 Å². The summed E-state index contributed by atoms with van der Waals surface area (Å²) in [6.07, 6.45) is 2.07. The van der Waals surface area contributed by atoms with Crippen molar-refractivity contribution in [3.05, 3.63) is 82.2 Å². The van der Waals surface area contributed by atoms with Crippen LogP contribution in [0.3, 0.4) is 0 Å². The van der Waals surface area contributed by atoms with Crippen molar-refractivity contribution < 1.29 is 23.8 Å². The first-order chi connectivity index (χ1) is 15.5. The lowest BCUT2D eigenvalue weighted by Gasteiger charge is -2.34. The maximum Gasteiger partial charge on any atom is 0.337 e. The Morgan fingerprint density at radius 1 is 1.03 bits per heavy atom. The molecule has 1 heterocycles. The van der Waals surface area contributed by atoms with E-state index >= 15 is 0 Å². The van der Waals surface area contributed by atoms with Gasteiger partial charge in [-0.25, -0.2) is 4.79 Å². The molecule has 166 valence electrons. The number of esters is 1. The number of methoxy groups -OCH3 is 2. The van der Waals surface area contributed by atoms with E-state index < -0.39 is 11.9 Å². The van der Waals surface area contributed by atoms with Gasteiger partial charge in [0.15, 0.2) is 5.78 Å². The van der Waals surface area contributed by atoms with Gasteiger partial charge in [-0.05, 0) is 55.2 Å². The number of nitrogens with one attached hydrogen (secondary N) is 1. The average molecular weight is 434 g/mol. The van der Waals surface area contributed by atoms with E-state index in [9.17, 15) is 9.59 Å². The van der Waals surface area contributed by atoms with E-state index in [-0.39, 0.29) is 12.4 Å². The van der Waals surface area contributed by atoms with Crippen LogP contribution < -0.4 is 14.8 Å². The van der Waals surface area contributed by atoms with Crippen molar-refractivity contribution in [3.63, 3.8) is 0 Å². The zero-order chi connectivity index (χ0) is 22.7. The molecule has 1 aliphatic heterocycles. The number of Topliss-reactive ketones (excluding diaryl/α,β-unsaturated/α-hetero) is 1. The molecule has 2 aliphatic rings. The minimum atomic E-state index is -0.488. The Hall–Kier alpha value is -3.54. The molecule has 0 aromatic heterocycles. The lowest BCUT2D eigenvalue weighted by atomic mass is 9.75. The van der Waals surface area contributed by atoms with Crippen LogP contribution in [0.15, 0.2) is 71.1 Å². The Balaban J connectivity index is 1.67. The fraction of sp³-hybridized carbons (Fsp3) is 0.308. The minimum Gasteiger partial charge on any atom is -0.497 e. The summed E-state index contributed by atoms with van der Waals surface area (Å²) in [5.41, 5.74) is 4.42. The summed E-state index contributed by atoms with van der Waals surface area (Å²) < 4.78 is 16.3. The first kappa shape index (κ1) is 21.7. The molecular weight excluding hydrogens is 406 g/mol. The van der Waals surface area contributed by atoms with Crippen LogP contribution in [0.2, 0.25) is 0 Å². The van der Waals surface area contributed by atoms with Gasteiger partial charge in [0.25, 0.3) is 0 Å². The van der Waals surface area contributed by atoms with Crippen LogP contribution in [0.1, 0.15) is 43.2 Å². The minimum absolute atomic E-state index is 0.0690. The highest BCUT2D eigenvalue weighted by atomic mass is 16.5. The van der Waals surface area contributed by atoms with Crippen molar-refractivity contribution in [2.24, 2.45) is 0 Å². The number of allylic oxidation sites excluding steroid dienone is 3. The van der Waals surface area contributed by atoms with Crippen LogP contribution in [0, 0.1) is 0 Å². The maximum absolute atomic E-state index is 13.3. The van der Waals surface area contributed by atoms with Crippen LogP contribution >= 0.6 is 0 Å². The Bertz CT molecular complexity index is 1100. The summed E-state index contributed by atoms with van der Waals surface area (Å²) in [6, 6.07) is 14.9. The van der Waals surface area contributed by atoms with Gasteiger partial charge in [-0.2, -0.15) is 0 Å². The topological polar surface area (TPSA) is 73.9 Å². The van der Waals surface area contributed by atoms with Crippen LogP contribution in [0.25, 0.3) is 0 Å². The number of carbonyl (C=O) groups excluding carboxylic acids is 2. The highest BCUT2D eigenvalue weighted by molar-refractivity contribution is 6.03. The number of ether oxygens (including phenoxy) is 3. The molecular formula is C26H27NO5. The molecule has 1 aliphatic carbocycles. The predicted octanol–water partition coefficient (Wildman–Crippen LogP) is 4.42. The summed E-state index contributed by atoms with van der Waals surface area (Å²) in [6.45, 7) is 1.99. The standard InChI is InChI=1S/C26H27NO5/c1-16-23(26(29)32-15-17-10-12-19(30-2)13-11-17)24(18-6-4-7-20(14-18)31-3)25-21(27-16)8-5-9-22(25)28/h4,6-7,10-14,24,27H,5,8-9,15H2,1-3H3/t24-/m1/s1. The first-order valence-electron chi connectivity index (χ1n) is 10.7. The van der Waals surface area contributed by atoms with Gasteiger partial charge in [-0.1, -0.05) is 24.3 Å². The summed E-state index contributed by atoms with van der Waals surface area (Å²) in [4.78, 5) is 26.3. The van der Waals surface area contributed by atoms with Gasteiger partial charge in [-0.3, -0.25) is 4.79 Å². The van der Waals surface area contributed by atoms with E-state index in [0.717, 1.165) is 35.4 Å². The lowest BCUT2D eigenvalue weighted by Crippen LogP contribution is -2.34. The molecule has 0 fully saturated rings. The van der Waals surface area contributed by atoms with E-state index in [1.807, 2.05) is 55.5 Å². The number of ketones is 1. The quantitative estimate of drug-likeness (QED) is 0.680. The van der Waals surface area contributed by atoms with Gasteiger partial charge in [-0.15, -0.1) is 0 Å². The molecule has 6 heteroatoms. The third-order valence-electron chi connectivity index (χ3n) is 5.95. The second-order valence-electron chi connectivity index (χ2n) is 7.97. The Morgan fingerprint density at radius 2 is 1.78 bits per heavy atom. The summed E-state index contributed by atoms with van der Waals surface area (Å²) >= 11 is 0. The average Bonchev–Trinajstić information content (AvgIpc) is 2.82. The molecule has 0 amide bonds. The highest BCUT2D eigenvalue weighted by Gasteiger charge is 2.39. The molecule has 2 aromatic carbocycles. The monoisotopic (exact) mass is 433 g/mol. The molecule has 1 atom stereocenters. The molecule has 0 saturated carbocycles. The lowest BCUT2D eigenvalue weighted by molar-refractivity contribution is -0.140. The molecule has 0 unspecified atom stereocenters. The molecule has 0 saturated heterocycles. The number of hydrogen-bond donors (Lipinski definition) is 1. The van der Waals surface area contributed by atoms with Crippen LogP contribution in [-0.2, 0) is 20.9 Å². The van der Waals surface area contributed by atoms with Crippen molar-refractivity contribution in [2.75, 3.05) is 14.2 Å². The molecule has 0 spiro atoms. The second kappa shape index (κ2) is 9.30. The van der Waals surface area contributed by atoms with Crippen molar-refractivity contribution in [3.8, 4) is 11.5 Å². The smallest absolute Gasteiger partial charge is 0.337 e. The Labute approximate surface area is 187 Å². The second-order valence-corrected chi connectivity index (χ2v) is 7.97. The maximum atomic E-state index is 13.3. The predicted molar refractivity (Wildman–Crippen MR) is 120 cm³/mol. The summed E-state index contributed by atoms with van der Waals surface area (Å²) in [5, 5.41) is 3.31. The normalized spacial score (nSPS) is 18.1. The Morgan fingerprint density at radius 3 is 2.50 bits per heavy atom. The van der Waals surface area contributed by atoms with Crippen molar-refractivity contribution in [1.82, 2.24) is 5.32 Å². The molecule has 0 radical (unpaired) electrons. The summed E-state index contributed by atoms with van der Waals surface area (Å²) in [5.74, 6) is 0.555. The van der Waals surface area contributed by atoms with E-state index in [1.54, 1.807) is 14.2 Å². The largest absolute Gasteiger partial charge is 0.497 e. The van der Waals surface area contributed by atoms with E-state index in [0.29, 0.717) is 29.0 Å². The van der Waals surface area contributed by atoms with Crippen LogP contribution in [0.4, 0.5) is 0 Å². The zero-order valence-electron chi connectivity index (χ0n) is 18.6. The number of rotatable bonds is 6. The molecule has 6 nitrogen and oxygen atoms in total.